The molecule has 3 N–H and O–H groups in total. The number of likely N-dealkylation sites (N-methyl/N-ethyl adjacent to an activating group) is 1. The molecular weight excluding hydrogens is 140 g/mol. The fourth-order valence-corrected chi connectivity index (χ4v) is 1.06. The van der Waals surface area contributed by atoms with Crippen molar-refractivity contribution in [2.75, 3.05) is 32.8 Å². The van der Waals surface area contributed by atoms with E-state index in [0.29, 0.717) is 6.61 Å². The number of hydrogen-bond acceptors (Lipinski definition) is 3. The second-order valence-electron chi connectivity index (χ2n) is 2.65. The molecule has 0 aliphatic carbocycles. The largest absolute Gasteiger partial charge is 0.396 e. The lowest BCUT2D eigenvalue weighted by molar-refractivity contribution is 0.251. The molecule has 3 nitrogen and oxygen atoms in total. The van der Waals surface area contributed by atoms with E-state index < -0.39 is 0 Å². The topological polar surface area (TPSA) is 49.5 Å². The summed E-state index contributed by atoms with van der Waals surface area (Å²) >= 11 is 0. The highest BCUT2D eigenvalue weighted by atomic mass is 16.2. The summed E-state index contributed by atoms with van der Waals surface area (Å²) in [7, 11) is 0. The van der Waals surface area contributed by atoms with Crippen LogP contribution in [0.3, 0.4) is 0 Å². The van der Waals surface area contributed by atoms with Gasteiger partial charge in [-0.1, -0.05) is 6.92 Å². The highest BCUT2D eigenvalue weighted by Crippen LogP contribution is 1.93. The Morgan fingerprint density at radius 2 is 2.00 bits per heavy atom. The lowest BCUT2D eigenvalue weighted by Gasteiger charge is -2.18. The van der Waals surface area contributed by atoms with Crippen molar-refractivity contribution < 1.29 is 5.11 Å². The standard InChI is InChI=1S/C8H20N2O/c1-2-10(7-5-9)6-3-4-8-11/h11H,2-9H2,1H3. The van der Waals surface area contributed by atoms with Crippen LogP contribution in [0.5, 0.6) is 0 Å². The van der Waals surface area contributed by atoms with Crippen molar-refractivity contribution in [1.82, 2.24) is 4.90 Å². The van der Waals surface area contributed by atoms with Gasteiger partial charge in [0, 0.05) is 19.7 Å². The Bertz CT molecular complexity index is 78.5. The first kappa shape index (κ1) is 10.9. The predicted molar refractivity (Wildman–Crippen MR) is 47.5 cm³/mol. The molecular formula is C8H20N2O. The molecule has 3 heteroatoms. The van der Waals surface area contributed by atoms with Gasteiger partial charge in [-0.05, 0) is 25.9 Å². The van der Waals surface area contributed by atoms with E-state index in [9.17, 15) is 0 Å². The Balaban J connectivity index is 3.20. The average molecular weight is 160 g/mol. The summed E-state index contributed by atoms with van der Waals surface area (Å²) < 4.78 is 0. The zero-order valence-electron chi connectivity index (χ0n) is 7.42. The molecule has 0 atom stereocenters. The molecule has 0 aliphatic rings. The van der Waals surface area contributed by atoms with Crippen LogP contribution in [0.1, 0.15) is 19.8 Å². The van der Waals surface area contributed by atoms with Gasteiger partial charge in [0.05, 0.1) is 0 Å². The molecule has 0 spiro atoms. The van der Waals surface area contributed by atoms with Gasteiger partial charge >= 0.3 is 0 Å². The summed E-state index contributed by atoms with van der Waals surface area (Å²) in [5, 5.41) is 8.54. The number of rotatable bonds is 7. The Kier molecular flexibility index (Phi) is 7.89. The van der Waals surface area contributed by atoms with E-state index in [-0.39, 0.29) is 0 Å². The number of aliphatic hydroxyl groups excluding tert-OH is 1. The van der Waals surface area contributed by atoms with Crippen LogP contribution in [0.4, 0.5) is 0 Å². The number of unbranched alkanes of at least 4 members (excludes halogenated alkanes) is 1. The molecule has 0 heterocycles. The van der Waals surface area contributed by atoms with Crippen LogP contribution in [0.2, 0.25) is 0 Å². The van der Waals surface area contributed by atoms with Gasteiger partial charge in [0.15, 0.2) is 0 Å². The molecule has 0 saturated heterocycles. The molecule has 0 aromatic rings. The van der Waals surface area contributed by atoms with E-state index in [2.05, 4.69) is 11.8 Å². The van der Waals surface area contributed by atoms with Crippen molar-refractivity contribution >= 4 is 0 Å². The first-order valence-electron chi connectivity index (χ1n) is 4.38. The highest BCUT2D eigenvalue weighted by molar-refractivity contribution is 4.55. The molecule has 68 valence electrons. The molecule has 0 fully saturated rings. The van der Waals surface area contributed by atoms with Crippen molar-refractivity contribution in [3.8, 4) is 0 Å². The van der Waals surface area contributed by atoms with E-state index in [1.165, 1.54) is 0 Å². The predicted octanol–water partition coefficient (Wildman–Crippen LogP) is 0.0395. The monoisotopic (exact) mass is 160 g/mol. The van der Waals surface area contributed by atoms with Crippen molar-refractivity contribution in [3.63, 3.8) is 0 Å². The van der Waals surface area contributed by atoms with Crippen molar-refractivity contribution in [3.05, 3.63) is 0 Å². The lowest BCUT2D eigenvalue weighted by Crippen LogP contribution is -2.30. The minimum Gasteiger partial charge on any atom is -0.396 e. The van der Waals surface area contributed by atoms with Crippen LogP contribution >= 0.6 is 0 Å². The Hall–Kier alpha value is -0.120. The number of hydrogen-bond donors (Lipinski definition) is 2. The molecule has 0 bridgehead atoms. The third-order valence-corrected chi connectivity index (χ3v) is 1.77. The van der Waals surface area contributed by atoms with Crippen LogP contribution in [-0.4, -0.2) is 42.8 Å². The normalized spacial score (nSPS) is 10.9. The Morgan fingerprint density at radius 1 is 1.27 bits per heavy atom. The molecule has 0 saturated carbocycles. The van der Waals surface area contributed by atoms with Gasteiger partial charge in [0.1, 0.15) is 0 Å². The first-order chi connectivity index (χ1) is 5.35. The number of nitrogens with zero attached hydrogens (tertiary/aromatic N) is 1. The molecule has 0 rings (SSSR count). The highest BCUT2D eigenvalue weighted by Gasteiger charge is 1.98. The number of aliphatic hydroxyl groups is 1. The maximum atomic E-state index is 8.54. The fraction of sp³-hybridized carbons (Fsp3) is 1.00. The van der Waals surface area contributed by atoms with Crippen LogP contribution in [0.25, 0.3) is 0 Å². The molecule has 0 aromatic carbocycles. The quantitative estimate of drug-likeness (QED) is 0.517. The van der Waals surface area contributed by atoms with Crippen LogP contribution in [0.15, 0.2) is 0 Å². The second kappa shape index (κ2) is 7.98. The summed E-state index contributed by atoms with van der Waals surface area (Å²) in [6, 6.07) is 0. The lowest BCUT2D eigenvalue weighted by atomic mass is 10.3. The Morgan fingerprint density at radius 3 is 2.45 bits per heavy atom. The maximum absolute atomic E-state index is 8.54. The van der Waals surface area contributed by atoms with Gasteiger partial charge in [0.2, 0.25) is 0 Å². The zero-order chi connectivity index (χ0) is 8.53. The third kappa shape index (κ3) is 6.28. The minimum absolute atomic E-state index is 0.306. The van der Waals surface area contributed by atoms with E-state index in [0.717, 1.165) is 39.0 Å². The molecule has 11 heavy (non-hydrogen) atoms. The van der Waals surface area contributed by atoms with Crippen LogP contribution in [0, 0.1) is 0 Å². The second-order valence-corrected chi connectivity index (χ2v) is 2.65. The average Bonchev–Trinajstić information content (AvgIpc) is 2.03. The van der Waals surface area contributed by atoms with Gasteiger partial charge < -0.3 is 15.7 Å². The summed E-state index contributed by atoms with van der Waals surface area (Å²) in [5.41, 5.74) is 5.42. The van der Waals surface area contributed by atoms with E-state index in [1.54, 1.807) is 0 Å². The van der Waals surface area contributed by atoms with Crippen LogP contribution in [-0.2, 0) is 0 Å². The molecule has 0 radical (unpaired) electrons. The zero-order valence-corrected chi connectivity index (χ0v) is 7.42. The minimum atomic E-state index is 0.306. The van der Waals surface area contributed by atoms with E-state index in [1.807, 2.05) is 0 Å². The van der Waals surface area contributed by atoms with Gasteiger partial charge in [-0.25, -0.2) is 0 Å². The van der Waals surface area contributed by atoms with Crippen molar-refractivity contribution in [2.24, 2.45) is 5.73 Å². The van der Waals surface area contributed by atoms with E-state index >= 15 is 0 Å². The summed E-state index contributed by atoms with van der Waals surface area (Å²) in [6.07, 6.45) is 1.98. The molecule has 0 unspecified atom stereocenters. The van der Waals surface area contributed by atoms with Crippen LogP contribution < -0.4 is 5.73 Å². The third-order valence-electron chi connectivity index (χ3n) is 1.77. The van der Waals surface area contributed by atoms with Gasteiger partial charge in [-0.15, -0.1) is 0 Å². The summed E-state index contributed by atoms with van der Waals surface area (Å²) in [6.45, 7) is 6.26. The van der Waals surface area contributed by atoms with E-state index in [4.69, 9.17) is 10.8 Å². The molecule has 0 aliphatic heterocycles. The molecule has 0 aromatic heterocycles. The van der Waals surface area contributed by atoms with Crippen molar-refractivity contribution in [1.29, 1.82) is 0 Å². The SMILES string of the molecule is CCN(CCN)CCCCO. The first-order valence-corrected chi connectivity index (χ1v) is 4.38. The molecule has 0 amide bonds. The van der Waals surface area contributed by atoms with Gasteiger partial charge in [0.25, 0.3) is 0 Å². The van der Waals surface area contributed by atoms with Gasteiger partial charge in [-0.3, -0.25) is 0 Å². The van der Waals surface area contributed by atoms with Gasteiger partial charge in [-0.2, -0.15) is 0 Å². The fourth-order valence-electron chi connectivity index (χ4n) is 1.06. The maximum Gasteiger partial charge on any atom is 0.0431 e. The number of nitrogens with two attached hydrogens (primary N) is 1. The van der Waals surface area contributed by atoms with Crippen molar-refractivity contribution in [2.45, 2.75) is 19.8 Å². The smallest absolute Gasteiger partial charge is 0.0431 e. The summed E-state index contributed by atoms with van der Waals surface area (Å²) in [4.78, 5) is 2.30. The summed E-state index contributed by atoms with van der Waals surface area (Å²) in [5.74, 6) is 0. The Labute approximate surface area is 69.2 Å².